The molecule has 3 nitrogen and oxygen atoms in total. The average Bonchev–Trinajstić information content (AvgIpc) is 3.18. The zero-order chi connectivity index (χ0) is 19.7. The van der Waals surface area contributed by atoms with Crippen molar-refractivity contribution in [3.63, 3.8) is 0 Å². The number of ether oxygens (including phenoxy) is 1. The molecule has 2 aliphatic rings. The molecule has 1 saturated carbocycles. The zero-order valence-corrected chi connectivity index (χ0v) is 18.6. The molecule has 1 spiro atoms. The summed E-state index contributed by atoms with van der Waals surface area (Å²) in [6.45, 7) is 5.16. The van der Waals surface area contributed by atoms with Crippen LogP contribution in [0, 0.1) is 0 Å². The lowest BCUT2D eigenvalue weighted by Gasteiger charge is -2.38. The molecule has 2 heterocycles. The molecule has 1 aromatic carbocycles. The maximum atomic E-state index is 6.05. The number of nitrogens with zero attached hydrogens (tertiary/aromatic N) is 1. The molecule has 1 aliphatic heterocycles. The fourth-order valence-corrected chi connectivity index (χ4v) is 4.59. The molecule has 0 amide bonds. The average molecular weight is 445 g/mol. The minimum Gasteiger partial charge on any atom is -0.375 e. The summed E-state index contributed by atoms with van der Waals surface area (Å²) in [5.74, 6) is 0.619. The second kappa shape index (κ2) is 11.1. The number of hydrogen-bond acceptors (Lipinski definition) is 3. The van der Waals surface area contributed by atoms with Crippen molar-refractivity contribution in [3.8, 4) is 0 Å². The van der Waals surface area contributed by atoms with Crippen LogP contribution < -0.4 is 5.32 Å². The molecule has 4 heteroatoms. The molecule has 2 aromatic rings. The maximum absolute atomic E-state index is 6.05. The Morgan fingerprint density at radius 3 is 2.61 bits per heavy atom. The van der Waals surface area contributed by atoms with Crippen molar-refractivity contribution in [1.82, 2.24) is 10.3 Å². The Morgan fingerprint density at radius 1 is 1.14 bits per heavy atom. The highest BCUT2D eigenvalue weighted by molar-refractivity contribution is 9.10. The number of aromatic nitrogens is 1. The van der Waals surface area contributed by atoms with Crippen LogP contribution in [0.2, 0.25) is 0 Å². The van der Waals surface area contributed by atoms with Gasteiger partial charge in [-0.15, -0.1) is 0 Å². The Balaban J connectivity index is 0.000000169. The van der Waals surface area contributed by atoms with Gasteiger partial charge in [-0.1, -0.05) is 53.9 Å². The highest BCUT2D eigenvalue weighted by atomic mass is 79.9. The van der Waals surface area contributed by atoms with Gasteiger partial charge in [0.25, 0.3) is 0 Å². The molecule has 28 heavy (non-hydrogen) atoms. The van der Waals surface area contributed by atoms with E-state index in [0.29, 0.717) is 5.92 Å². The van der Waals surface area contributed by atoms with Gasteiger partial charge in [0, 0.05) is 28.9 Å². The fraction of sp³-hybridized carbons (Fsp3) is 0.542. The topological polar surface area (TPSA) is 34.1 Å². The first kappa shape index (κ1) is 21.5. The lowest BCUT2D eigenvalue weighted by molar-refractivity contribution is -0.0809. The molecule has 1 atom stereocenters. The normalized spacial score (nSPS) is 20.6. The van der Waals surface area contributed by atoms with Crippen molar-refractivity contribution in [2.45, 2.75) is 63.4 Å². The summed E-state index contributed by atoms with van der Waals surface area (Å²) in [5, 5.41) is 3.30. The van der Waals surface area contributed by atoms with Gasteiger partial charge < -0.3 is 10.1 Å². The Hall–Kier alpha value is -1.23. The number of rotatable bonds is 5. The third-order valence-electron chi connectivity index (χ3n) is 5.87. The Morgan fingerprint density at radius 2 is 1.93 bits per heavy atom. The molecule has 0 radical (unpaired) electrons. The number of nitrogens with one attached hydrogen (secondary N) is 1. The standard InChI is InChI=1S/C14H19NO.C10H14BrN/c1-4-9-15-13(5-1)12-6-10-16-14(11-12)7-2-3-8-14;1-2-12-8-7-9-3-5-10(11)6-4-9/h1,4-5,9,12H,2-3,6-8,10-11H2;3-6,12H,2,7-8H2,1H3. The summed E-state index contributed by atoms with van der Waals surface area (Å²) in [7, 11) is 0. The van der Waals surface area contributed by atoms with Crippen LogP contribution in [0.4, 0.5) is 0 Å². The Bertz CT molecular complexity index is 684. The molecule has 1 N–H and O–H groups in total. The van der Waals surface area contributed by atoms with Crippen molar-refractivity contribution in [3.05, 3.63) is 64.4 Å². The third-order valence-corrected chi connectivity index (χ3v) is 6.40. The molecule has 1 saturated heterocycles. The second-order valence-electron chi connectivity index (χ2n) is 7.91. The summed E-state index contributed by atoms with van der Waals surface area (Å²) in [6.07, 6.45) is 10.5. The van der Waals surface area contributed by atoms with Crippen LogP contribution in [-0.4, -0.2) is 30.3 Å². The van der Waals surface area contributed by atoms with Crippen LogP contribution in [0.25, 0.3) is 0 Å². The molecular weight excluding hydrogens is 412 g/mol. The first-order valence-corrected chi connectivity index (χ1v) is 11.5. The SMILES string of the molecule is CCNCCc1ccc(Br)cc1.c1ccc(C2CCOC3(CCCC3)C2)nc1. The van der Waals surface area contributed by atoms with Crippen LogP contribution in [-0.2, 0) is 11.2 Å². The summed E-state index contributed by atoms with van der Waals surface area (Å²) >= 11 is 3.41. The molecule has 1 aromatic heterocycles. The molecule has 2 fully saturated rings. The number of hydrogen-bond donors (Lipinski definition) is 1. The van der Waals surface area contributed by atoms with E-state index >= 15 is 0 Å². The quantitative estimate of drug-likeness (QED) is 0.583. The van der Waals surface area contributed by atoms with Gasteiger partial charge >= 0.3 is 0 Å². The molecular formula is C24H33BrN2O. The predicted octanol–water partition coefficient (Wildman–Crippen LogP) is 5.89. The van der Waals surface area contributed by atoms with E-state index in [1.54, 1.807) is 0 Å². The van der Waals surface area contributed by atoms with Gasteiger partial charge in [0.15, 0.2) is 0 Å². The van der Waals surface area contributed by atoms with E-state index in [1.165, 1.54) is 43.4 Å². The van der Waals surface area contributed by atoms with Crippen molar-refractivity contribution in [2.24, 2.45) is 0 Å². The van der Waals surface area contributed by atoms with Gasteiger partial charge in [0.05, 0.1) is 5.60 Å². The lowest BCUT2D eigenvalue weighted by Crippen LogP contribution is -2.36. The van der Waals surface area contributed by atoms with E-state index in [9.17, 15) is 0 Å². The van der Waals surface area contributed by atoms with Crippen LogP contribution in [0.5, 0.6) is 0 Å². The number of pyridine rings is 1. The van der Waals surface area contributed by atoms with Crippen molar-refractivity contribution in [1.29, 1.82) is 0 Å². The van der Waals surface area contributed by atoms with E-state index < -0.39 is 0 Å². The lowest BCUT2D eigenvalue weighted by atomic mass is 9.83. The zero-order valence-electron chi connectivity index (χ0n) is 17.0. The van der Waals surface area contributed by atoms with E-state index in [-0.39, 0.29) is 5.60 Å². The van der Waals surface area contributed by atoms with Crippen LogP contribution in [0.15, 0.2) is 53.1 Å². The van der Waals surface area contributed by atoms with Crippen LogP contribution in [0.3, 0.4) is 0 Å². The molecule has 0 bridgehead atoms. The Labute approximate surface area is 178 Å². The van der Waals surface area contributed by atoms with E-state index in [0.717, 1.165) is 37.0 Å². The maximum Gasteiger partial charge on any atom is 0.0689 e. The first-order chi connectivity index (χ1) is 13.7. The predicted molar refractivity (Wildman–Crippen MR) is 120 cm³/mol. The van der Waals surface area contributed by atoms with Crippen molar-refractivity contribution in [2.75, 3.05) is 19.7 Å². The highest BCUT2D eigenvalue weighted by Gasteiger charge is 2.40. The minimum atomic E-state index is 0.209. The second-order valence-corrected chi connectivity index (χ2v) is 8.83. The van der Waals surface area contributed by atoms with E-state index in [2.05, 4.69) is 69.6 Å². The largest absolute Gasteiger partial charge is 0.375 e. The number of benzene rings is 1. The van der Waals surface area contributed by atoms with E-state index in [4.69, 9.17) is 4.74 Å². The minimum absolute atomic E-state index is 0.209. The summed E-state index contributed by atoms with van der Waals surface area (Å²) in [5.41, 5.74) is 2.86. The highest BCUT2D eigenvalue weighted by Crippen LogP contribution is 2.44. The van der Waals surface area contributed by atoms with Gasteiger partial charge in [-0.05, 0) is 75.0 Å². The van der Waals surface area contributed by atoms with Gasteiger partial charge in [-0.3, -0.25) is 4.98 Å². The van der Waals surface area contributed by atoms with Crippen LogP contribution >= 0.6 is 15.9 Å². The Kier molecular flexibility index (Phi) is 8.50. The van der Waals surface area contributed by atoms with Gasteiger partial charge in [-0.25, -0.2) is 0 Å². The van der Waals surface area contributed by atoms with Crippen molar-refractivity contribution >= 4 is 15.9 Å². The van der Waals surface area contributed by atoms with Gasteiger partial charge in [-0.2, -0.15) is 0 Å². The van der Waals surface area contributed by atoms with Gasteiger partial charge in [0.2, 0.25) is 0 Å². The smallest absolute Gasteiger partial charge is 0.0689 e. The third kappa shape index (κ3) is 6.40. The first-order valence-electron chi connectivity index (χ1n) is 10.7. The van der Waals surface area contributed by atoms with Crippen molar-refractivity contribution < 1.29 is 4.74 Å². The number of likely N-dealkylation sites (N-methyl/N-ethyl adjacent to an activating group) is 1. The molecule has 1 unspecified atom stereocenters. The number of halogens is 1. The fourth-order valence-electron chi connectivity index (χ4n) is 4.33. The molecule has 152 valence electrons. The summed E-state index contributed by atoms with van der Waals surface area (Å²) in [4.78, 5) is 4.50. The van der Waals surface area contributed by atoms with Gasteiger partial charge in [0.1, 0.15) is 0 Å². The summed E-state index contributed by atoms with van der Waals surface area (Å²) in [6, 6.07) is 14.7. The molecule has 1 aliphatic carbocycles. The van der Waals surface area contributed by atoms with Crippen LogP contribution in [0.1, 0.15) is 62.6 Å². The summed E-state index contributed by atoms with van der Waals surface area (Å²) < 4.78 is 7.20. The monoisotopic (exact) mass is 444 g/mol. The van der Waals surface area contributed by atoms with E-state index in [1.807, 2.05) is 12.3 Å². The molecule has 4 rings (SSSR count).